The number of hydrogen-bond acceptors (Lipinski definition) is 4. The van der Waals surface area contributed by atoms with Gasteiger partial charge in [0.2, 0.25) is 0 Å². The van der Waals surface area contributed by atoms with Crippen molar-refractivity contribution >= 4 is 17.3 Å². The molecule has 0 unspecified atom stereocenters. The first-order valence-corrected chi connectivity index (χ1v) is 9.27. The molecule has 3 rings (SSSR count). The highest BCUT2D eigenvalue weighted by Gasteiger charge is 2.10. The third kappa shape index (κ3) is 4.88. The summed E-state index contributed by atoms with van der Waals surface area (Å²) in [6.07, 6.45) is 2.55. The number of carbonyl (C=O) groups is 1. The van der Waals surface area contributed by atoms with Crippen LogP contribution >= 0.6 is 0 Å². The van der Waals surface area contributed by atoms with Crippen molar-refractivity contribution in [1.29, 1.82) is 0 Å². The molecule has 0 atom stereocenters. The SMILES string of the molecule is COc1cccc(CCNc2ccc(C(=O)Nc3c(C)cccc3C)nc2)c1. The predicted molar refractivity (Wildman–Crippen MR) is 113 cm³/mol. The van der Waals surface area contributed by atoms with Gasteiger partial charge in [0.05, 0.1) is 19.0 Å². The summed E-state index contributed by atoms with van der Waals surface area (Å²) >= 11 is 0. The Morgan fingerprint density at radius 2 is 1.79 bits per heavy atom. The monoisotopic (exact) mass is 375 g/mol. The summed E-state index contributed by atoms with van der Waals surface area (Å²) in [6, 6.07) is 17.6. The zero-order valence-electron chi connectivity index (χ0n) is 16.5. The number of nitrogens with one attached hydrogen (secondary N) is 2. The quantitative estimate of drug-likeness (QED) is 0.633. The molecule has 1 aromatic heterocycles. The van der Waals surface area contributed by atoms with Crippen molar-refractivity contribution in [2.45, 2.75) is 20.3 Å². The molecule has 0 saturated heterocycles. The Morgan fingerprint density at radius 1 is 1.04 bits per heavy atom. The summed E-state index contributed by atoms with van der Waals surface area (Å²) in [5, 5.41) is 6.29. The smallest absolute Gasteiger partial charge is 0.274 e. The first-order chi connectivity index (χ1) is 13.6. The molecule has 144 valence electrons. The number of aryl methyl sites for hydroxylation is 2. The first kappa shape index (κ1) is 19.4. The van der Waals surface area contributed by atoms with Crippen molar-refractivity contribution in [3.05, 3.63) is 83.2 Å². The van der Waals surface area contributed by atoms with Crippen LogP contribution in [0.3, 0.4) is 0 Å². The molecule has 3 aromatic rings. The third-order valence-corrected chi connectivity index (χ3v) is 4.59. The van der Waals surface area contributed by atoms with Gasteiger partial charge in [-0.1, -0.05) is 30.3 Å². The van der Waals surface area contributed by atoms with Crippen LogP contribution in [0.1, 0.15) is 27.2 Å². The molecule has 2 N–H and O–H groups in total. The van der Waals surface area contributed by atoms with Crippen molar-refractivity contribution in [2.24, 2.45) is 0 Å². The van der Waals surface area contributed by atoms with E-state index in [1.807, 2.05) is 56.3 Å². The minimum atomic E-state index is -0.208. The highest BCUT2D eigenvalue weighted by Crippen LogP contribution is 2.20. The van der Waals surface area contributed by atoms with E-state index in [2.05, 4.69) is 21.7 Å². The summed E-state index contributed by atoms with van der Waals surface area (Å²) < 4.78 is 5.24. The fourth-order valence-corrected chi connectivity index (χ4v) is 3.00. The molecule has 1 amide bonds. The van der Waals surface area contributed by atoms with Crippen LogP contribution in [-0.2, 0) is 6.42 Å². The molecular weight excluding hydrogens is 350 g/mol. The van der Waals surface area contributed by atoms with Gasteiger partial charge >= 0.3 is 0 Å². The van der Waals surface area contributed by atoms with Crippen LogP contribution in [-0.4, -0.2) is 24.5 Å². The average molecular weight is 375 g/mol. The Morgan fingerprint density at radius 3 is 2.46 bits per heavy atom. The van der Waals surface area contributed by atoms with E-state index in [0.717, 1.165) is 41.2 Å². The molecular formula is C23H25N3O2. The molecule has 2 aromatic carbocycles. The summed E-state index contributed by atoms with van der Waals surface area (Å²) in [4.78, 5) is 16.8. The van der Waals surface area contributed by atoms with Crippen molar-refractivity contribution < 1.29 is 9.53 Å². The predicted octanol–water partition coefficient (Wildman–Crippen LogP) is 4.61. The Balaban J connectivity index is 1.56. The highest BCUT2D eigenvalue weighted by molar-refractivity contribution is 6.03. The molecule has 0 bridgehead atoms. The van der Waals surface area contributed by atoms with E-state index < -0.39 is 0 Å². The maximum atomic E-state index is 12.5. The van der Waals surface area contributed by atoms with Gasteiger partial charge in [0, 0.05) is 12.2 Å². The second kappa shape index (κ2) is 9.04. The molecule has 0 aliphatic carbocycles. The summed E-state index contributed by atoms with van der Waals surface area (Å²) in [5.74, 6) is 0.652. The molecule has 5 nitrogen and oxygen atoms in total. The van der Waals surface area contributed by atoms with E-state index in [1.165, 1.54) is 5.56 Å². The van der Waals surface area contributed by atoms with Crippen LogP contribution < -0.4 is 15.4 Å². The molecule has 28 heavy (non-hydrogen) atoms. The van der Waals surface area contributed by atoms with E-state index in [-0.39, 0.29) is 5.91 Å². The summed E-state index contributed by atoms with van der Waals surface area (Å²) in [6.45, 7) is 4.72. The largest absolute Gasteiger partial charge is 0.497 e. The normalized spacial score (nSPS) is 10.4. The van der Waals surface area contributed by atoms with Gasteiger partial charge in [-0.2, -0.15) is 0 Å². The number of nitrogens with zero attached hydrogens (tertiary/aromatic N) is 1. The second-order valence-electron chi connectivity index (χ2n) is 6.68. The number of methoxy groups -OCH3 is 1. The fourth-order valence-electron chi connectivity index (χ4n) is 3.00. The topological polar surface area (TPSA) is 63.2 Å². The van der Waals surface area contributed by atoms with Crippen molar-refractivity contribution in [1.82, 2.24) is 4.98 Å². The van der Waals surface area contributed by atoms with E-state index in [4.69, 9.17) is 4.74 Å². The van der Waals surface area contributed by atoms with E-state index >= 15 is 0 Å². The minimum Gasteiger partial charge on any atom is -0.497 e. The lowest BCUT2D eigenvalue weighted by Gasteiger charge is -2.11. The first-order valence-electron chi connectivity index (χ1n) is 9.27. The lowest BCUT2D eigenvalue weighted by atomic mass is 10.1. The number of hydrogen-bond donors (Lipinski definition) is 2. The van der Waals surface area contributed by atoms with Crippen LogP contribution in [0.25, 0.3) is 0 Å². The minimum absolute atomic E-state index is 0.208. The van der Waals surface area contributed by atoms with Gasteiger partial charge in [-0.25, -0.2) is 4.98 Å². The standard InChI is InChI=1S/C23H25N3O2/c1-16-6-4-7-17(2)22(16)26-23(27)21-11-10-19(15-25-21)24-13-12-18-8-5-9-20(14-18)28-3/h4-11,14-15,24H,12-13H2,1-3H3,(H,26,27). The van der Waals surface area contributed by atoms with Gasteiger partial charge in [0.25, 0.3) is 5.91 Å². The summed E-state index contributed by atoms with van der Waals surface area (Å²) in [5.41, 5.74) is 5.38. The maximum Gasteiger partial charge on any atom is 0.274 e. The van der Waals surface area contributed by atoms with Crippen LogP contribution in [0.4, 0.5) is 11.4 Å². The fraction of sp³-hybridized carbons (Fsp3) is 0.217. The van der Waals surface area contributed by atoms with Gasteiger partial charge in [-0.05, 0) is 61.2 Å². The molecule has 0 fully saturated rings. The Bertz CT molecular complexity index is 932. The van der Waals surface area contributed by atoms with E-state index in [0.29, 0.717) is 5.69 Å². The number of benzene rings is 2. The number of para-hydroxylation sites is 1. The van der Waals surface area contributed by atoms with Gasteiger partial charge in [-0.3, -0.25) is 4.79 Å². The Labute approximate surface area is 165 Å². The number of rotatable bonds is 7. The number of carbonyl (C=O) groups excluding carboxylic acids is 1. The van der Waals surface area contributed by atoms with E-state index in [9.17, 15) is 4.79 Å². The third-order valence-electron chi connectivity index (χ3n) is 4.59. The average Bonchev–Trinajstić information content (AvgIpc) is 2.71. The Hall–Kier alpha value is -3.34. The van der Waals surface area contributed by atoms with Gasteiger partial charge < -0.3 is 15.4 Å². The van der Waals surface area contributed by atoms with Crippen LogP contribution in [0.15, 0.2) is 60.8 Å². The van der Waals surface area contributed by atoms with E-state index in [1.54, 1.807) is 19.4 Å². The van der Waals surface area contributed by atoms with Crippen LogP contribution in [0, 0.1) is 13.8 Å². The molecule has 0 radical (unpaired) electrons. The summed E-state index contributed by atoms with van der Waals surface area (Å²) in [7, 11) is 1.67. The highest BCUT2D eigenvalue weighted by atomic mass is 16.5. The number of anilines is 2. The lowest BCUT2D eigenvalue weighted by molar-refractivity contribution is 0.102. The van der Waals surface area contributed by atoms with Crippen LogP contribution in [0.2, 0.25) is 0 Å². The molecule has 1 heterocycles. The van der Waals surface area contributed by atoms with Crippen LogP contribution in [0.5, 0.6) is 5.75 Å². The number of aromatic nitrogens is 1. The molecule has 5 heteroatoms. The van der Waals surface area contributed by atoms with Crippen molar-refractivity contribution in [2.75, 3.05) is 24.3 Å². The number of ether oxygens (including phenoxy) is 1. The second-order valence-corrected chi connectivity index (χ2v) is 6.68. The van der Waals surface area contributed by atoms with Gasteiger partial charge in [0.15, 0.2) is 0 Å². The molecule has 0 spiro atoms. The molecule has 0 aliphatic heterocycles. The van der Waals surface area contributed by atoms with Gasteiger partial charge in [-0.15, -0.1) is 0 Å². The lowest BCUT2D eigenvalue weighted by Crippen LogP contribution is -2.15. The van der Waals surface area contributed by atoms with Gasteiger partial charge in [0.1, 0.15) is 11.4 Å². The maximum absolute atomic E-state index is 12.5. The number of pyridine rings is 1. The molecule has 0 saturated carbocycles. The van der Waals surface area contributed by atoms with Crippen molar-refractivity contribution in [3.63, 3.8) is 0 Å². The number of amides is 1. The molecule has 0 aliphatic rings. The zero-order chi connectivity index (χ0) is 19.9. The zero-order valence-corrected chi connectivity index (χ0v) is 16.5. The Kier molecular flexibility index (Phi) is 6.27. The van der Waals surface area contributed by atoms with Crippen molar-refractivity contribution in [3.8, 4) is 5.75 Å².